The predicted octanol–water partition coefficient (Wildman–Crippen LogP) is 8.84. The van der Waals surface area contributed by atoms with Gasteiger partial charge in [-0.25, -0.2) is 0 Å². The zero-order valence-corrected chi connectivity index (χ0v) is 28.9. The lowest BCUT2D eigenvalue weighted by atomic mass is 10.00. The molecule has 1 amide bonds. The second kappa shape index (κ2) is 33.2. The van der Waals surface area contributed by atoms with Crippen LogP contribution in [0.25, 0.3) is 0 Å². The molecule has 0 fully saturated rings. The minimum absolute atomic E-state index is 0.363. The van der Waals surface area contributed by atoms with Crippen molar-refractivity contribution in [2.45, 2.75) is 205 Å². The first-order chi connectivity index (χ1) is 21.5. The van der Waals surface area contributed by atoms with Gasteiger partial charge in [0.05, 0.1) is 18.8 Å². The van der Waals surface area contributed by atoms with Gasteiger partial charge in [-0.05, 0) is 44.9 Å². The molecule has 4 unspecified atom stereocenters. The number of carbonyl (C=O) groups is 1. The Bertz CT molecular complexity index is 668. The lowest BCUT2D eigenvalue weighted by molar-refractivity contribution is -0.132. The topological polar surface area (TPSA) is 110 Å². The summed E-state index contributed by atoms with van der Waals surface area (Å²) in [5.41, 5.74) is 0. The minimum Gasteiger partial charge on any atom is -0.394 e. The number of rotatable bonds is 33. The van der Waals surface area contributed by atoms with Gasteiger partial charge in [-0.15, -0.1) is 0 Å². The Balaban J connectivity index is 3.79. The number of aliphatic hydroxyl groups is 4. The summed E-state index contributed by atoms with van der Waals surface area (Å²) in [4.78, 5) is 12.4. The van der Waals surface area contributed by atoms with E-state index in [0.717, 1.165) is 44.9 Å². The SMILES string of the molecule is CCC/C=C/CC/C=C/CCCC(O)C(O)C(CO)NC(=O)C(O)CCCCCCCCCCCCCCCCCCCC. The highest BCUT2D eigenvalue weighted by atomic mass is 16.3. The highest BCUT2D eigenvalue weighted by molar-refractivity contribution is 5.80. The minimum atomic E-state index is -1.28. The van der Waals surface area contributed by atoms with Crippen molar-refractivity contribution in [2.24, 2.45) is 0 Å². The van der Waals surface area contributed by atoms with E-state index in [-0.39, 0.29) is 0 Å². The van der Waals surface area contributed by atoms with Gasteiger partial charge in [0, 0.05) is 0 Å². The number of unbranched alkanes of at least 4 members (excludes halogenated alkanes) is 20. The first-order valence-corrected chi connectivity index (χ1v) is 18.7. The molecule has 0 heterocycles. The van der Waals surface area contributed by atoms with Crippen LogP contribution < -0.4 is 5.32 Å². The van der Waals surface area contributed by atoms with Crippen LogP contribution in [0.5, 0.6) is 0 Å². The summed E-state index contributed by atoms with van der Waals surface area (Å²) in [6.45, 7) is 3.94. The molecule has 0 aliphatic carbocycles. The van der Waals surface area contributed by atoms with Gasteiger partial charge in [-0.3, -0.25) is 4.79 Å². The summed E-state index contributed by atoms with van der Waals surface area (Å²) in [6.07, 6.45) is 35.0. The van der Waals surface area contributed by atoms with Crippen molar-refractivity contribution in [2.75, 3.05) is 6.61 Å². The number of allylic oxidation sites excluding steroid dienone is 4. The predicted molar refractivity (Wildman–Crippen MR) is 187 cm³/mol. The van der Waals surface area contributed by atoms with Gasteiger partial charge >= 0.3 is 0 Å². The Morgan fingerprint density at radius 2 is 0.977 bits per heavy atom. The van der Waals surface area contributed by atoms with E-state index in [1.807, 2.05) is 0 Å². The van der Waals surface area contributed by atoms with E-state index in [1.54, 1.807) is 0 Å². The first kappa shape index (κ1) is 42.8. The van der Waals surface area contributed by atoms with Crippen molar-refractivity contribution in [3.8, 4) is 0 Å². The molecular weight excluding hydrogens is 550 g/mol. The maximum absolute atomic E-state index is 12.4. The average Bonchev–Trinajstić information content (AvgIpc) is 3.03. The van der Waals surface area contributed by atoms with Gasteiger partial charge in [0.25, 0.3) is 0 Å². The number of hydrogen-bond acceptors (Lipinski definition) is 5. The Morgan fingerprint density at radius 3 is 1.43 bits per heavy atom. The standard InChI is InChI=1S/C38H73NO5/c1-3-5-7-9-11-13-15-16-17-18-19-20-21-22-24-26-28-30-32-36(42)38(44)39-34(33-40)37(43)35(41)31-29-27-25-23-14-12-10-8-6-4-2/h8,10,23,25,34-37,40-43H,3-7,9,11-22,24,26-33H2,1-2H3,(H,39,44)/b10-8+,25-23+. The van der Waals surface area contributed by atoms with Crippen LogP contribution in [0.3, 0.4) is 0 Å². The molecule has 6 nitrogen and oxygen atoms in total. The lowest BCUT2D eigenvalue weighted by Gasteiger charge is -2.27. The Morgan fingerprint density at radius 1 is 0.545 bits per heavy atom. The van der Waals surface area contributed by atoms with Crippen LogP contribution >= 0.6 is 0 Å². The van der Waals surface area contributed by atoms with E-state index in [2.05, 4.69) is 43.5 Å². The zero-order valence-electron chi connectivity index (χ0n) is 28.9. The molecule has 0 radical (unpaired) electrons. The molecule has 5 N–H and O–H groups in total. The van der Waals surface area contributed by atoms with Crippen molar-refractivity contribution in [1.82, 2.24) is 5.32 Å². The normalized spacial score (nSPS) is 14.8. The van der Waals surface area contributed by atoms with E-state index in [9.17, 15) is 25.2 Å². The van der Waals surface area contributed by atoms with Gasteiger partial charge in [-0.2, -0.15) is 0 Å². The van der Waals surface area contributed by atoms with E-state index in [1.165, 1.54) is 103 Å². The van der Waals surface area contributed by atoms with Crippen molar-refractivity contribution in [1.29, 1.82) is 0 Å². The van der Waals surface area contributed by atoms with Gasteiger partial charge in [0.15, 0.2) is 0 Å². The molecule has 0 aliphatic rings. The highest BCUT2D eigenvalue weighted by Gasteiger charge is 2.28. The molecule has 0 rings (SSSR count). The Kier molecular flexibility index (Phi) is 32.2. The fourth-order valence-electron chi connectivity index (χ4n) is 5.60. The second-order valence-corrected chi connectivity index (χ2v) is 12.9. The second-order valence-electron chi connectivity index (χ2n) is 12.9. The Hall–Kier alpha value is -1.21. The maximum Gasteiger partial charge on any atom is 0.249 e. The molecule has 0 spiro atoms. The van der Waals surface area contributed by atoms with Crippen LogP contribution in [0.4, 0.5) is 0 Å². The van der Waals surface area contributed by atoms with Crippen LogP contribution in [-0.2, 0) is 4.79 Å². The van der Waals surface area contributed by atoms with Gasteiger partial charge in [0.1, 0.15) is 12.2 Å². The summed E-state index contributed by atoms with van der Waals surface area (Å²) in [6, 6.07) is -1.00. The summed E-state index contributed by atoms with van der Waals surface area (Å²) < 4.78 is 0. The third-order valence-corrected chi connectivity index (χ3v) is 8.62. The van der Waals surface area contributed by atoms with Gasteiger partial charge < -0.3 is 25.7 Å². The number of carbonyl (C=O) groups excluding carboxylic acids is 1. The summed E-state index contributed by atoms with van der Waals surface area (Å²) in [5, 5.41) is 43.3. The molecule has 44 heavy (non-hydrogen) atoms. The quantitative estimate of drug-likeness (QED) is 0.0371. The molecule has 4 atom stereocenters. The number of hydrogen-bond donors (Lipinski definition) is 5. The third kappa shape index (κ3) is 27.1. The van der Waals surface area contributed by atoms with Crippen LogP contribution in [0.2, 0.25) is 0 Å². The van der Waals surface area contributed by atoms with Crippen LogP contribution in [0.1, 0.15) is 181 Å². The van der Waals surface area contributed by atoms with Crippen LogP contribution in [0, 0.1) is 0 Å². The fourth-order valence-corrected chi connectivity index (χ4v) is 5.60. The molecule has 0 saturated heterocycles. The van der Waals surface area contributed by atoms with Gasteiger partial charge in [-0.1, -0.05) is 160 Å². The molecule has 6 heteroatoms. The molecule has 0 aliphatic heterocycles. The summed E-state index contributed by atoms with van der Waals surface area (Å²) in [7, 11) is 0. The van der Waals surface area contributed by atoms with Crippen molar-refractivity contribution in [3.05, 3.63) is 24.3 Å². The van der Waals surface area contributed by atoms with E-state index >= 15 is 0 Å². The third-order valence-electron chi connectivity index (χ3n) is 8.62. The fraction of sp³-hybridized carbons (Fsp3) is 0.868. The van der Waals surface area contributed by atoms with Crippen LogP contribution in [0.15, 0.2) is 24.3 Å². The summed E-state index contributed by atoms with van der Waals surface area (Å²) >= 11 is 0. The smallest absolute Gasteiger partial charge is 0.249 e. The van der Waals surface area contributed by atoms with Crippen molar-refractivity contribution >= 4 is 5.91 Å². The molecule has 0 aromatic rings. The number of amides is 1. The first-order valence-electron chi connectivity index (χ1n) is 18.7. The van der Waals surface area contributed by atoms with E-state index < -0.39 is 36.9 Å². The maximum atomic E-state index is 12.4. The van der Waals surface area contributed by atoms with Crippen molar-refractivity contribution in [3.63, 3.8) is 0 Å². The largest absolute Gasteiger partial charge is 0.394 e. The summed E-state index contributed by atoms with van der Waals surface area (Å²) in [5.74, 6) is -0.599. The molecule has 260 valence electrons. The average molecular weight is 624 g/mol. The van der Waals surface area contributed by atoms with Gasteiger partial charge in [0.2, 0.25) is 5.91 Å². The Labute approximate surface area is 272 Å². The molecule has 0 aromatic carbocycles. The monoisotopic (exact) mass is 624 g/mol. The van der Waals surface area contributed by atoms with E-state index in [0.29, 0.717) is 19.3 Å². The van der Waals surface area contributed by atoms with Crippen molar-refractivity contribution < 1.29 is 25.2 Å². The highest BCUT2D eigenvalue weighted by Crippen LogP contribution is 2.15. The lowest BCUT2D eigenvalue weighted by Crippen LogP contribution is -2.53. The molecular formula is C38H73NO5. The number of nitrogens with one attached hydrogen (secondary N) is 1. The van der Waals surface area contributed by atoms with E-state index in [4.69, 9.17) is 0 Å². The molecule has 0 aromatic heterocycles. The molecule has 0 saturated carbocycles. The zero-order chi connectivity index (χ0) is 32.5. The van der Waals surface area contributed by atoms with Crippen LogP contribution in [-0.4, -0.2) is 57.3 Å². The molecule has 0 bridgehead atoms. The number of aliphatic hydroxyl groups excluding tert-OH is 4.